The van der Waals surface area contributed by atoms with Crippen LogP contribution in [0.25, 0.3) is 22.0 Å². The minimum Gasteiger partial charge on any atom is -0.489 e. The molecule has 8 heteroatoms. The molecule has 2 heterocycles. The van der Waals surface area contributed by atoms with Crippen LogP contribution in [-0.4, -0.2) is 43.3 Å². The fourth-order valence-electron chi connectivity index (χ4n) is 4.82. The molecule has 0 amide bonds. The lowest BCUT2D eigenvalue weighted by molar-refractivity contribution is 0.283. The predicted molar refractivity (Wildman–Crippen MR) is 152 cm³/mol. The minimum absolute atomic E-state index is 0.0701. The van der Waals surface area contributed by atoms with Crippen molar-refractivity contribution in [2.75, 3.05) is 7.05 Å². The molecule has 1 aliphatic heterocycles. The normalized spacial score (nSPS) is 17.6. The average Bonchev–Trinajstić information content (AvgIpc) is 3.17. The van der Waals surface area contributed by atoms with E-state index in [-0.39, 0.29) is 17.0 Å². The van der Waals surface area contributed by atoms with E-state index in [1.807, 2.05) is 75.5 Å². The number of hydrogen-bond donors (Lipinski definition) is 1. The van der Waals surface area contributed by atoms with Gasteiger partial charge < -0.3 is 4.74 Å². The first kappa shape index (κ1) is 25.9. The van der Waals surface area contributed by atoms with Gasteiger partial charge in [-0.3, -0.25) is 9.99 Å². The van der Waals surface area contributed by atoms with Crippen molar-refractivity contribution in [2.24, 2.45) is 5.10 Å². The number of aryl methyl sites for hydroxylation is 1. The van der Waals surface area contributed by atoms with Gasteiger partial charge in [0.25, 0.3) is 0 Å². The summed E-state index contributed by atoms with van der Waals surface area (Å²) in [5, 5.41) is 7.25. The number of ether oxygens (including phenoxy) is 1. The van der Waals surface area contributed by atoms with E-state index in [1.54, 1.807) is 17.1 Å². The molecule has 1 aromatic heterocycles. The van der Waals surface area contributed by atoms with Gasteiger partial charge in [0.05, 0.1) is 28.2 Å². The van der Waals surface area contributed by atoms with Gasteiger partial charge in [-0.25, -0.2) is 13.1 Å². The first-order valence-electron chi connectivity index (χ1n) is 12.8. The number of fused-ring (bicyclic) bond motifs is 1. The first-order chi connectivity index (χ1) is 18.3. The lowest BCUT2D eigenvalue weighted by Gasteiger charge is -2.22. The maximum atomic E-state index is 13.5. The molecule has 0 saturated carbocycles. The number of rotatable bonds is 8. The minimum atomic E-state index is -3.79. The Kier molecular flexibility index (Phi) is 7.19. The van der Waals surface area contributed by atoms with Gasteiger partial charge in [0, 0.05) is 29.3 Å². The predicted octanol–water partition coefficient (Wildman–Crippen LogP) is 5.40. The van der Waals surface area contributed by atoms with Crippen LogP contribution < -0.4 is 9.46 Å². The monoisotopic (exact) mass is 528 g/mol. The maximum Gasteiger partial charge on any atom is 0.241 e. The van der Waals surface area contributed by atoms with Gasteiger partial charge >= 0.3 is 0 Å². The van der Waals surface area contributed by atoms with Gasteiger partial charge in [-0.2, -0.15) is 5.10 Å². The van der Waals surface area contributed by atoms with E-state index in [2.05, 4.69) is 28.9 Å². The molecule has 0 saturated heterocycles. The third-order valence-electron chi connectivity index (χ3n) is 7.07. The van der Waals surface area contributed by atoms with Crippen LogP contribution in [0.3, 0.4) is 0 Å². The number of hydrogen-bond acceptors (Lipinski definition) is 6. The Morgan fingerprint density at radius 2 is 1.71 bits per heavy atom. The fraction of sp³-hybridized carbons (Fsp3) is 0.267. The lowest BCUT2D eigenvalue weighted by atomic mass is 10.1. The average molecular weight is 529 g/mol. The third-order valence-corrected chi connectivity index (χ3v) is 8.57. The highest BCUT2D eigenvalue weighted by Gasteiger charge is 2.34. The number of nitrogens with one attached hydrogen (secondary N) is 1. The van der Waals surface area contributed by atoms with Gasteiger partial charge in [-0.05, 0) is 56.2 Å². The summed E-state index contributed by atoms with van der Waals surface area (Å²) in [6.07, 6.45) is 0.854. The van der Waals surface area contributed by atoms with Crippen molar-refractivity contribution < 1.29 is 13.2 Å². The fourth-order valence-corrected chi connectivity index (χ4v) is 6.38. The smallest absolute Gasteiger partial charge is 0.241 e. The van der Waals surface area contributed by atoms with Crippen LogP contribution in [0.2, 0.25) is 0 Å². The van der Waals surface area contributed by atoms with Crippen LogP contribution in [0, 0.1) is 0 Å². The van der Waals surface area contributed by atoms with Crippen LogP contribution in [0.4, 0.5) is 0 Å². The van der Waals surface area contributed by atoms with E-state index < -0.39 is 10.0 Å². The molecule has 1 N–H and O–H groups in total. The standard InChI is InChI=1S/C30H32N4O3S/c1-5-24-18-23(26-10-6-8-12-28(26)31-24)19-37-25-16-14-22(15-17-25)27-11-7-9-13-29(27)38(35,36)33-30-20(2)32-34(4)21(30)3/h6-18,21,30,33H,5,19H2,1-4H3. The summed E-state index contributed by atoms with van der Waals surface area (Å²) < 4.78 is 35.9. The van der Waals surface area contributed by atoms with Gasteiger partial charge in [0.15, 0.2) is 0 Å². The van der Waals surface area contributed by atoms with Crippen molar-refractivity contribution in [3.63, 3.8) is 0 Å². The Hall–Kier alpha value is -3.75. The van der Waals surface area contributed by atoms with Crippen LogP contribution >= 0.6 is 0 Å². The second-order valence-electron chi connectivity index (χ2n) is 9.61. The quantitative estimate of drug-likeness (QED) is 0.331. The summed E-state index contributed by atoms with van der Waals surface area (Å²) in [4.78, 5) is 4.94. The summed E-state index contributed by atoms with van der Waals surface area (Å²) in [7, 11) is -1.94. The molecular weight excluding hydrogens is 496 g/mol. The van der Waals surface area contributed by atoms with Crippen LogP contribution in [-0.2, 0) is 23.1 Å². The Balaban J connectivity index is 1.36. The lowest BCUT2D eigenvalue weighted by Crippen LogP contribution is -2.46. The molecule has 2 atom stereocenters. The summed E-state index contributed by atoms with van der Waals surface area (Å²) in [5.41, 5.74) is 5.26. The summed E-state index contributed by atoms with van der Waals surface area (Å²) >= 11 is 0. The molecule has 2 unspecified atom stereocenters. The molecule has 196 valence electrons. The molecular formula is C30H32N4O3S. The second-order valence-corrected chi connectivity index (χ2v) is 11.3. The molecule has 7 nitrogen and oxygen atoms in total. The molecule has 0 bridgehead atoms. The molecule has 38 heavy (non-hydrogen) atoms. The highest BCUT2D eigenvalue weighted by molar-refractivity contribution is 7.89. The second kappa shape index (κ2) is 10.6. The van der Waals surface area contributed by atoms with Crippen molar-refractivity contribution in [2.45, 2.75) is 50.8 Å². The number of likely N-dealkylation sites (N-methyl/N-ethyl adjacent to an activating group) is 1. The van der Waals surface area contributed by atoms with Crippen molar-refractivity contribution in [1.82, 2.24) is 14.7 Å². The Morgan fingerprint density at radius 1 is 1.00 bits per heavy atom. The van der Waals surface area contributed by atoms with E-state index in [4.69, 9.17) is 9.72 Å². The number of pyridine rings is 1. The molecule has 0 aliphatic carbocycles. The van der Waals surface area contributed by atoms with Crippen molar-refractivity contribution >= 4 is 26.6 Å². The molecule has 0 radical (unpaired) electrons. The topological polar surface area (TPSA) is 83.9 Å². The molecule has 4 aromatic rings. The first-order valence-corrected chi connectivity index (χ1v) is 14.2. The van der Waals surface area contributed by atoms with Crippen molar-refractivity contribution in [3.8, 4) is 16.9 Å². The zero-order valence-electron chi connectivity index (χ0n) is 22.0. The maximum absolute atomic E-state index is 13.5. The van der Waals surface area contributed by atoms with E-state index in [0.29, 0.717) is 17.9 Å². The molecule has 0 spiro atoms. The van der Waals surface area contributed by atoms with Crippen LogP contribution in [0.15, 0.2) is 88.9 Å². The Morgan fingerprint density at radius 3 is 2.42 bits per heavy atom. The largest absolute Gasteiger partial charge is 0.489 e. The number of sulfonamides is 1. The van der Waals surface area contributed by atoms with E-state index in [1.165, 1.54) is 0 Å². The highest BCUT2D eigenvalue weighted by atomic mass is 32.2. The van der Waals surface area contributed by atoms with Crippen LogP contribution in [0.1, 0.15) is 32.0 Å². The molecule has 1 aliphatic rings. The van der Waals surface area contributed by atoms with E-state index in [0.717, 1.165) is 39.9 Å². The van der Waals surface area contributed by atoms with Gasteiger partial charge in [-0.15, -0.1) is 0 Å². The summed E-state index contributed by atoms with van der Waals surface area (Å²) in [6, 6.07) is 24.3. The molecule has 3 aromatic carbocycles. The van der Waals surface area contributed by atoms with Crippen molar-refractivity contribution in [3.05, 3.63) is 90.1 Å². The zero-order valence-corrected chi connectivity index (χ0v) is 22.9. The van der Waals surface area contributed by atoms with Crippen LogP contribution in [0.5, 0.6) is 5.75 Å². The highest BCUT2D eigenvalue weighted by Crippen LogP contribution is 2.30. The van der Waals surface area contributed by atoms with Gasteiger partial charge in [-0.1, -0.05) is 55.5 Å². The van der Waals surface area contributed by atoms with Crippen molar-refractivity contribution in [1.29, 1.82) is 0 Å². The van der Waals surface area contributed by atoms with Gasteiger partial charge in [0.1, 0.15) is 12.4 Å². The summed E-state index contributed by atoms with van der Waals surface area (Å²) in [5.74, 6) is 0.709. The number of nitrogens with zero attached hydrogens (tertiary/aromatic N) is 3. The Bertz CT molecular complexity index is 1600. The van der Waals surface area contributed by atoms with E-state index >= 15 is 0 Å². The number of hydrazone groups is 1. The third kappa shape index (κ3) is 5.14. The molecule has 5 rings (SSSR count). The number of para-hydroxylation sites is 1. The van der Waals surface area contributed by atoms with Gasteiger partial charge in [0.2, 0.25) is 10.0 Å². The molecule has 0 fully saturated rings. The number of benzene rings is 3. The zero-order chi connectivity index (χ0) is 26.9. The Labute approximate surface area is 224 Å². The summed E-state index contributed by atoms with van der Waals surface area (Å²) in [6.45, 7) is 6.31. The number of aromatic nitrogens is 1. The SMILES string of the molecule is CCc1cc(COc2ccc(-c3ccccc3S(=O)(=O)NC3C(C)=NN(C)C3C)cc2)c2ccccc2n1. The van der Waals surface area contributed by atoms with E-state index in [9.17, 15) is 8.42 Å².